The minimum atomic E-state index is -2.87. The van der Waals surface area contributed by atoms with Crippen molar-refractivity contribution < 1.29 is 8.78 Å². The molecule has 0 saturated carbocycles. The zero-order chi connectivity index (χ0) is 12.8. The van der Waals surface area contributed by atoms with E-state index in [9.17, 15) is 8.78 Å². The van der Waals surface area contributed by atoms with Gasteiger partial charge in [0.2, 0.25) is 0 Å². The predicted octanol–water partition coefficient (Wildman–Crippen LogP) is 2.96. The number of aromatic nitrogens is 1. The van der Waals surface area contributed by atoms with Gasteiger partial charge in [0.15, 0.2) is 0 Å². The smallest absolute Gasteiger partial charge is 0.285 e. The number of hydrogen-bond acceptors (Lipinski definition) is 2. The summed E-state index contributed by atoms with van der Waals surface area (Å²) in [7, 11) is 0. The molecule has 2 aromatic rings. The fourth-order valence-corrected chi connectivity index (χ4v) is 1.63. The lowest BCUT2D eigenvalue weighted by molar-refractivity contribution is -0.00349. The molecular formula is C14H14F2N2. The molecule has 4 heteroatoms. The van der Waals surface area contributed by atoms with Gasteiger partial charge in [-0.3, -0.25) is 4.98 Å². The summed E-state index contributed by atoms with van der Waals surface area (Å²) in [5, 5.41) is 2.73. The number of hydrogen-bond donors (Lipinski definition) is 1. The van der Waals surface area contributed by atoms with E-state index in [4.69, 9.17) is 0 Å². The number of nitrogens with one attached hydrogen (secondary N) is 1. The number of halogens is 2. The molecule has 0 amide bonds. The lowest BCUT2D eigenvalue weighted by Gasteiger charge is -2.17. The maximum Gasteiger partial charge on any atom is 0.285 e. The maximum atomic E-state index is 13.8. The topological polar surface area (TPSA) is 24.9 Å². The van der Waals surface area contributed by atoms with Crippen molar-refractivity contribution in [2.45, 2.75) is 12.5 Å². The van der Waals surface area contributed by atoms with Crippen LogP contribution in [0.3, 0.4) is 0 Å². The van der Waals surface area contributed by atoms with Gasteiger partial charge in [0.05, 0.1) is 12.2 Å². The van der Waals surface area contributed by atoms with Gasteiger partial charge in [-0.15, -0.1) is 0 Å². The van der Waals surface area contributed by atoms with Crippen molar-refractivity contribution in [1.29, 1.82) is 0 Å². The Hall–Kier alpha value is -1.81. The second kappa shape index (κ2) is 5.69. The Kier molecular flexibility index (Phi) is 3.99. The van der Waals surface area contributed by atoms with Crippen LogP contribution >= 0.6 is 0 Å². The van der Waals surface area contributed by atoms with Crippen LogP contribution in [-0.4, -0.2) is 11.5 Å². The van der Waals surface area contributed by atoms with Crippen molar-refractivity contribution in [2.75, 3.05) is 6.54 Å². The SMILES string of the molecule is FC(F)(CNCc1ccccn1)c1ccccc1. The summed E-state index contributed by atoms with van der Waals surface area (Å²) in [6, 6.07) is 13.2. The summed E-state index contributed by atoms with van der Waals surface area (Å²) in [6.45, 7) is -0.0587. The normalized spacial score (nSPS) is 11.4. The molecule has 1 aromatic carbocycles. The molecule has 0 radical (unpaired) electrons. The third kappa shape index (κ3) is 3.34. The Labute approximate surface area is 105 Å². The highest BCUT2D eigenvalue weighted by molar-refractivity contribution is 5.20. The largest absolute Gasteiger partial charge is 0.305 e. The lowest BCUT2D eigenvalue weighted by atomic mass is 10.1. The molecule has 0 atom stereocenters. The van der Waals surface area contributed by atoms with E-state index in [-0.39, 0.29) is 5.56 Å². The first-order valence-corrected chi connectivity index (χ1v) is 5.72. The summed E-state index contributed by atoms with van der Waals surface area (Å²) >= 11 is 0. The van der Waals surface area contributed by atoms with E-state index in [0.29, 0.717) is 6.54 Å². The molecule has 1 heterocycles. The predicted molar refractivity (Wildman–Crippen MR) is 66.3 cm³/mol. The van der Waals surface area contributed by atoms with Crippen LogP contribution in [0.5, 0.6) is 0 Å². The van der Waals surface area contributed by atoms with Crippen molar-refractivity contribution >= 4 is 0 Å². The molecule has 1 N–H and O–H groups in total. The highest BCUT2D eigenvalue weighted by Crippen LogP contribution is 2.26. The highest BCUT2D eigenvalue weighted by Gasteiger charge is 2.30. The van der Waals surface area contributed by atoms with Gasteiger partial charge < -0.3 is 5.32 Å². The lowest BCUT2D eigenvalue weighted by Crippen LogP contribution is -2.30. The number of nitrogens with zero attached hydrogens (tertiary/aromatic N) is 1. The molecule has 2 rings (SSSR count). The second-order valence-corrected chi connectivity index (χ2v) is 4.00. The third-order valence-electron chi connectivity index (χ3n) is 2.58. The van der Waals surface area contributed by atoms with Gasteiger partial charge in [0, 0.05) is 18.3 Å². The van der Waals surface area contributed by atoms with Crippen LogP contribution in [-0.2, 0) is 12.5 Å². The van der Waals surface area contributed by atoms with Gasteiger partial charge >= 0.3 is 0 Å². The minimum Gasteiger partial charge on any atom is -0.305 e. The van der Waals surface area contributed by atoms with E-state index in [1.807, 2.05) is 6.07 Å². The molecule has 2 nitrogen and oxygen atoms in total. The highest BCUT2D eigenvalue weighted by atomic mass is 19.3. The van der Waals surface area contributed by atoms with Crippen molar-refractivity contribution in [2.24, 2.45) is 0 Å². The average Bonchev–Trinajstić information content (AvgIpc) is 2.41. The molecule has 94 valence electrons. The average molecular weight is 248 g/mol. The molecule has 1 aromatic heterocycles. The summed E-state index contributed by atoms with van der Waals surface area (Å²) in [5.41, 5.74) is 0.778. The monoisotopic (exact) mass is 248 g/mol. The Bertz CT molecular complexity index is 472. The van der Waals surface area contributed by atoms with Crippen molar-refractivity contribution in [3.05, 3.63) is 66.0 Å². The second-order valence-electron chi connectivity index (χ2n) is 4.00. The van der Waals surface area contributed by atoms with Crippen LogP contribution in [0.1, 0.15) is 11.3 Å². The van der Waals surface area contributed by atoms with Gasteiger partial charge in [0.25, 0.3) is 5.92 Å². The van der Waals surface area contributed by atoms with Crippen molar-refractivity contribution in [1.82, 2.24) is 10.3 Å². The van der Waals surface area contributed by atoms with Crippen molar-refractivity contribution in [3.8, 4) is 0 Å². The fraction of sp³-hybridized carbons (Fsp3) is 0.214. The van der Waals surface area contributed by atoms with E-state index in [0.717, 1.165) is 5.69 Å². The Morgan fingerprint density at radius 1 is 1.00 bits per heavy atom. The number of pyridine rings is 1. The minimum absolute atomic E-state index is 0.0264. The first-order chi connectivity index (χ1) is 8.68. The Morgan fingerprint density at radius 2 is 1.72 bits per heavy atom. The van der Waals surface area contributed by atoms with Crippen LogP contribution in [0.25, 0.3) is 0 Å². The van der Waals surface area contributed by atoms with E-state index < -0.39 is 12.5 Å². The van der Waals surface area contributed by atoms with E-state index >= 15 is 0 Å². The molecule has 0 saturated heterocycles. The zero-order valence-corrected chi connectivity index (χ0v) is 9.81. The van der Waals surface area contributed by atoms with E-state index in [1.165, 1.54) is 12.1 Å². The summed E-state index contributed by atoms with van der Waals surface area (Å²) < 4.78 is 27.6. The van der Waals surface area contributed by atoms with Crippen LogP contribution in [0.15, 0.2) is 54.7 Å². The Morgan fingerprint density at radius 3 is 2.39 bits per heavy atom. The fourth-order valence-electron chi connectivity index (χ4n) is 1.63. The molecule has 0 bridgehead atoms. The van der Waals surface area contributed by atoms with Crippen LogP contribution in [0.2, 0.25) is 0 Å². The van der Waals surface area contributed by atoms with Crippen LogP contribution in [0, 0.1) is 0 Å². The summed E-state index contributed by atoms with van der Waals surface area (Å²) in [4.78, 5) is 4.06. The maximum absolute atomic E-state index is 13.8. The van der Waals surface area contributed by atoms with Gasteiger partial charge in [-0.2, -0.15) is 8.78 Å². The van der Waals surface area contributed by atoms with Crippen LogP contribution in [0.4, 0.5) is 8.78 Å². The van der Waals surface area contributed by atoms with E-state index in [2.05, 4.69) is 10.3 Å². The van der Waals surface area contributed by atoms with Crippen molar-refractivity contribution in [3.63, 3.8) is 0 Å². The number of alkyl halides is 2. The first kappa shape index (κ1) is 12.6. The first-order valence-electron chi connectivity index (χ1n) is 5.72. The molecule has 0 unspecified atom stereocenters. The standard InChI is InChI=1S/C14H14F2N2/c15-14(16,12-6-2-1-3-7-12)11-17-10-13-8-4-5-9-18-13/h1-9,17H,10-11H2. The van der Waals surface area contributed by atoms with Crippen LogP contribution < -0.4 is 5.32 Å². The molecule has 0 spiro atoms. The van der Waals surface area contributed by atoms with Gasteiger partial charge in [-0.05, 0) is 12.1 Å². The molecule has 0 aliphatic carbocycles. The summed E-state index contributed by atoms with van der Waals surface area (Å²) in [5.74, 6) is -2.87. The molecule has 0 fully saturated rings. The van der Waals surface area contributed by atoms with Gasteiger partial charge in [0.1, 0.15) is 0 Å². The molecule has 0 aliphatic rings. The van der Waals surface area contributed by atoms with E-state index in [1.54, 1.807) is 36.5 Å². The molecular weight excluding hydrogens is 234 g/mol. The van der Waals surface area contributed by atoms with Gasteiger partial charge in [-0.25, -0.2) is 0 Å². The molecule has 0 aliphatic heterocycles. The molecule has 18 heavy (non-hydrogen) atoms. The number of rotatable bonds is 5. The summed E-state index contributed by atoms with van der Waals surface area (Å²) in [6.07, 6.45) is 1.65. The quantitative estimate of drug-likeness (QED) is 0.880. The Balaban J connectivity index is 1.90. The third-order valence-corrected chi connectivity index (χ3v) is 2.58. The zero-order valence-electron chi connectivity index (χ0n) is 9.81. The van der Waals surface area contributed by atoms with Gasteiger partial charge in [-0.1, -0.05) is 36.4 Å². The number of benzene rings is 1.